The maximum atomic E-state index is 6.26. The van der Waals surface area contributed by atoms with E-state index in [0.717, 1.165) is 35.7 Å². The average molecular weight is 305 g/mol. The standard InChI is InChI=1S/C16H21ClN4/c1-4-14-10(2)20-21(11(14)3)16-7-12(15(17)9-19-16)8-18-13-5-6-13/h7,9,13,18H,4-6,8H2,1-3H3. The highest BCUT2D eigenvalue weighted by Crippen LogP contribution is 2.23. The van der Waals surface area contributed by atoms with Gasteiger partial charge >= 0.3 is 0 Å². The Morgan fingerprint density at radius 3 is 2.76 bits per heavy atom. The largest absolute Gasteiger partial charge is 0.310 e. The van der Waals surface area contributed by atoms with Gasteiger partial charge in [0, 0.05) is 24.5 Å². The molecule has 1 aliphatic carbocycles. The molecule has 2 aromatic rings. The molecule has 5 heteroatoms. The summed E-state index contributed by atoms with van der Waals surface area (Å²) in [5.41, 5.74) is 4.61. The van der Waals surface area contributed by atoms with Gasteiger partial charge in [0.15, 0.2) is 5.82 Å². The predicted molar refractivity (Wildman–Crippen MR) is 85.1 cm³/mol. The van der Waals surface area contributed by atoms with Crippen molar-refractivity contribution in [2.75, 3.05) is 0 Å². The number of hydrogen-bond acceptors (Lipinski definition) is 3. The van der Waals surface area contributed by atoms with Crippen molar-refractivity contribution in [2.24, 2.45) is 0 Å². The fourth-order valence-corrected chi connectivity index (χ4v) is 2.84. The average Bonchev–Trinajstić information content (AvgIpc) is 3.24. The lowest BCUT2D eigenvalue weighted by atomic mass is 10.1. The first kappa shape index (κ1) is 14.5. The Morgan fingerprint density at radius 1 is 1.38 bits per heavy atom. The fraction of sp³-hybridized carbons (Fsp3) is 0.500. The minimum Gasteiger partial charge on any atom is -0.310 e. The van der Waals surface area contributed by atoms with Crippen LogP contribution in [0.15, 0.2) is 12.3 Å². The SMILES string of the molecule is CCc1c(C)nn(-c2cc(CNC3CC3)c(Cl)cn2)c1C. The summed E-state index contributed by atoms with van der Waals surface area (Å²) in [6, 6.07) is 2.70. The molecule has 2 aromatic heterocycles. The number of nitrogens with zero attached hydrogens (tertiary/aromatic N) is 3. The highest BCUT2D eigenvalue weighted by molar-refractivity contribution is 6.31. The molecule has 21 heavy (non-hydrogen) atoms. The smallest absolute Gasteiger partial charge is 0.154 e. The van der Waals surface area contributed by atoms with Crippen molar-refractivity contribution in [2.45, 2.75) is 52.6 Å². The molecular formula is C16H21ClN4. The van der Waals surface area contributed by atoms with Crippen LogP contribution in [0, 0.1) is 13.8 Å². The van der Waals surface area contributed by atoms with E-state index in [-0.39, 0.29) is 0 Å². The van der Waals surface area contributed by atoms with Crippen LogP contribution in [0.3, 0.4) is 0 Å². The van der Waals surface area contributed by atoms with E-state index in [1.54, 1.807) is 6.20 Å². The molecule has 0 atom stereocenters. The summed E-state index contributed by atoms with van der Waals surface area (Å²) in [5, 5.41) is 8.83. The number of pyridine rings is 1. The van der Waals surface area contributed by atoms with Crippen LogP contribution in [-0.2, 0) is 13.0 Å². The molecule has 2 heterocycles. The molecule has 3 rings (SSSR count). The predicted octanol–water partition coefficient (Wildman–Crippen LogP) is 3.35. The van der Waals surface area contributed by atoms with Crippen LogP contribution in [0.4, 0.5) is 0 Å². The van der Waals surface area contributed by atoms with E-state index in [1.807, 2.05) is 17.7 Å². The van der Waals surface area contributed by atoms with Crippen molar-refractivity contribution in [3.8, 4) is 5.82 Å². The first-order chi connectivity index (χ1) is 10.1. The number of rotatable bonds is 5. The minimum atomic E-state index is 0.665. The third-order valence-electron chi connectivity index (χ3n) is 4.09. The third kappa shape index (κ3) is 2.97. The van der Waals surface area contributed by atoms with E-state index in [4.69, 9.17) is 11.6 Å². The zero-order valence-corrected chi connectivity index (χ0v) is 13.5. The lowest BCUT2D eigenvalue weighted by Crippen LogP contribution is -2.16. The molecule has 0 bridgehead atoms. The van der Waals surface area contributed by atoms with Crippen LogP contribution in [0.1, 0.15) is 42.3 Å². The zero-order chi connectivity index (χ0) is 15.0. The Balaban J connectivity index is 1.92. The van der Waals surface area contributed by atoms with Gasteiger partial charge in [-0.05, 0) is 50.3 Å². The van der Waals surface area contributed by atoms with Gasteiger partial charge in [0.25, 0.3) is 0 Å². The Kier molecular flexibility index (Phi) is 4.00. The second kappa shape index (κ2) is 5.78. The molecule has 1 aliphatic rings. The Bertz CT molecular complexity index is 659. The molecule has 0 spiro atoms. The van der Waals surface area contributed by atoms with E-state index < -0.39 is 0 Å². The van der Waals surface area contributed by atoms with Crippen LogP contribution in [0.25, 0.3) is 5.82 Å². The molecule has 1 N–H and O–H groups in total. The van der Waals surface area contributed by atoms with Crippen molar-refractivity contribution in [3.63, 3.8) is 0 Å². The Morgan fingerprint density at radius 2 is 2.14 bits per heavy atom. The summed E-state index contributed by atoms with van der Waals surface area (Å²) in [7, 11) is 0. The normalized spacial score (nSPS) is 14.7. The molecule has 0 saturated heterocycles. The quantitative estimate of drug-likeness (QED) is 0.921. The van der Waals surface area contributed by atoms with Gasteiger partial charge in [-0.15, -0.1) is 0 Å². The molecule has 1 fully saturated rings. The second-order valence-electron chi connectivity index (χ2n) is 5.70. The summed E-state index contributed by atoms with van der Waals surface area (Å²) >= 11 is 6.26. The van der Waals surface area contributed by atoms with Gasteiger partial charge in [-0.1, -0.05) is 18.5 Å². The van der Waals surface area contributed by atoms with Crippen LogP contribution in [0.2, 0.25) is 5.02 Å². The van der Waals surface area contributed by atoms with Crippen molar-refractivity contribution in [3.05, 3.63) is 39.8 Å². The molecular weight excluding hydrogens is 284 g/mol. The minimum absolute atomic E-state index is 0.665. The number of nitrogens with one attached hydrogen (secondary N) is 1. The van der Waals surface area contributed by atoms with Gasteiger partial charge in [0.05, 0.1) is 10.7 Å². The molecule has 0 radical (unpaired) electrons. The van der Waals surface area contributed by atoms with Crippen molar-refractivity contribution in [1.82, 2.24) is 20.1 Å². The molecule has 0 aliphatic heterocycles. The van der Waals surface area contributed by atoms with Crippen LogP contribution < -0.4 is 5.32 Å². The molecule has 0 aromatic carbocycles. The van der Waals surface area contributed by atoms with Gasteiger partial charge in [0.2, 0.25) is 0 Å². The molecule has 0 amide bonds. The van der Waals surface area contributed by atoms with Gasteiger partial charge in [0.1, 0.15) is 0 Å². The number of aromatic nitrogens is 3. The Hall–Kier alpha value is -1.39. The van der Waals surface area contributed by atoms with Crippen molar-refractivity contribution < 1.29 is 0 Å². The number of halogens is 1. The first-order valence-electron chi connectivity index (χ1n) is 7.53. The lowest BCUT2D eigenvalue weighted by molar-refractivity contribution is 0.685. The highest BCUT2D eigenvalue weighted by atomic mass is 35.5. The summed E-state index contributed by atoms with van der Waals surface area (Å²) in [4.78, 5) is 4.44. The zero-order valence-electron chi connectivity index (χ0n) is 12.8. The third-order valence-corrected chi connectivity index (χ3v) is 4.43. The van der Waals surface area contributed by atoms with E-state index >= 15 is 0 Å². The monoisotopic (exact) mass is 304 g/mol. The summed E-state index contributed by atoms with van der Waals surface area (Å²) < 4.78 is 1.92. The van der Waals surface area contributed by atoms with Gasteiger partial charge in [-0.2, -0.15) is 5.10 Å². The Labute approximate surface area is 130 Å². The lowest BCUT2D eigenvalue weighted by Gasteiger charge is -2.09. The molecule has 4 nitrogen and oxygen atoms in total. The second-order valence-corrected chi connectivity index (χ2v) is 6.11. The van der Waals surface area contributed by atoms with E-state index in [1.165, 1.54) is 18.4 Å². The van der Waals surface area contributed by atoms with Gasteiger partial charge in [-0.25, -0.2) is 9.67 Å². The first-order valence-corrected chi connectivity index (χ1v) is 7.91. The van der Waals surface area contributed by atoms with Crippen LogP contribution in [0.5, 0.6) is 0 Å². The molecule has 1 saturated carbocycles. The molecule has 0 unspecified atom stereocenters. The van der Waals surface area contributed by atoms with Crippen molar-refractivity contribution in [1.29, 1.82) is 0 Å². The summed E-state index contributed by atoms with van der Waals surface area (Å²) in [6.07, 6.45) is 5.25. The number of aryl methyl sites for hydroxylation is 1. The topological polar surface area (TPSA) is 42.7 Å². The fourth-order valence-electron chi connectivity index (χ4n) is 2.67. The van der Waals surface area contributed by atoms with Crippen LogP contribution in [-0.4, -0.2) is 20.8 Å². The van der Waals surface area contributed by atoms with Gasteiger partial charge in [-0.3, -0.25) is 0 Å². The highest BCUT2D eigenvalue weighted by Gasteiger charge is 2.21. The maximum Gasteiger partial charge on any atom is 0.154 e. The number of hydrogen-bond donors (Lipinski definition) is 1. The summed E-state index contributed by atoms with van der Waals surface area (Å²) in [6.45, 7) is 7.09. The summed E-state index contributed by atoms with van der Waals surface area (Å²) in [5.74, 6) is 0.840. The van der Waals surface area contributed by atoms with E-state index in [0.29, 0.717) is 11.1 Å². The van der Waals surface area contributed by atoms with Crippen molar-refractivity contribution >= 4 is 11.6 Å². The maximum absolute atomic E-state index is 6.26. The molecule has 112 valence electrons. The van der Waals surface area contributed by atoms with Gasteiger partial charge < -0.3 is 5.32 Å². The van der Waals surface area contributed by atoms with E-state index in [2.05, 4.69) is 29.2 Å². The van der Waals surface area contributed by atoms with Crippen LogP contribution >= 0.6 is 11.6 Å². The van der Waals surface area contributed by atoms with E-state index in [9.17, 15) is 0 Å².